The molecule has 0 saturated carbocycles. The molecule has 18 heteroatoms. The monoisotopic (exact) mass is 1570 g/mol. The maximum Gasteiger partial charge on any atom is 0.472 e. The third kappa shape index (κ3) is 84.2. The zero-order valence-corrected chi connectivity index (χ0v) is 70.5. The van der Waals surface area contributed by atoms with Crippen LogP contribution in [-0.4, -0.2) is 95.9 Å². The Labute approximate surface area is 664 Å². The first kappa shape index (κ1) is 104. The molecule has 5 atom stereocenters. The normalized spacial score (nSPS) is 14.6. The summed E-state index contributed by atoms with van der Waals surface area (Å²) in [7, 11) is -9.81. The minimum atomic E-state index is -4.95. The van der Waals surface area contributed by atoms with Gasteiger partial charge in [0.05, 0.1) is 26.4 Å². The number of phosphoric ester groups is 2. The highest BCUT2D eigenvalue weighted by atomic mass is 31.2. The van der Waals surface area contributed by atoms with Crippen molar-refractivity contribution < 1.29 is 75.8 Å². The van der Waals surface area contributed by atoms with E-state index in [0.717, 1.165) is 173 Å². The summed E-state index contributed by atoms with van der Waals surface area (Å²) < 4.78 is 61.4. The fourth-order valence-electron chi connectivity index (χ4n) is 11.4. The van der Waals surface area contributed by atoms with E-state index in [1.54, 1.807) is 0 Å². The van der Waals surface area contributed by atoms with E-state index in [4.69, 9.17) is 32.3 Å². The molecule has 0 radical (unpaired) electrons. The summed E-state index contributed by atoms with van der Waals surface area (Å²) in [6.07, 6.45) is 103. The minimum Gasteiger partial charge on any atom is -0.463 e. The first-order chi connectivity index (χ1) is 53.2. The van der Waals surface area contributed by atoms with Gasteiger partial charge in [-0.1, -0.05) is 327 Å². The lowest BCUT2D eigenvalue weighted by Gasteiger charge is -2.21. The number of rotatable bonds is 81. The quantitative estimate of drug-likeness (QED) is 0.0146. The van der Waals surface area contributed by atoms with Crippen LogP contribution in [0.4, 0.5) is 0 Å². The Balaban J connectivity index is 4.68. The van der Waals surface area contributed by atoms with Gasteiger partial charge in [-0.3, -0.25) is 32.5 Å². The van der Waals surface area contributed by atoms with Crippen molar-refractivity contribution in [1.82, 2.24) is 0 Å². The van der Waals surface area contributed by atoms with Gasteiger partial charge in [0.25, 0.3) is 0 Å². The number of aliphatic hydroxyl groups is 2. The molecule has 0 aromatic heterocycles. The van der Waals surface area contributed by atoms with Gasteiger partial charge in [-0.2, -0.15) is 0 Å². The second-order valence-electron chi connectivity index (χ2n) is 28.6. The van der Waals surface area contributed by atoms with E-state index in [-0.39, 0.29) is 19.3 Å². The Morgan fingerprint density at radius 3 is 0.725 bits per heavy atom. The fraction of sp³-hybridized carbons (Fsp3) is 0.703. The highest BCUT2D eigenvalue weighted by molar-refractivity contribution is 7.47. The Morgan fingerprint density at radius 1 is 0.257 bits per heavy atom. The van der Waals surface area contributed by atoms with Crippen molar-refractivity contribution in [2.24, 2.45) is 0 Å². The van der Waals surface area contributed by atoms with Gasteiger partial charge in [-0.15, -0.1) is 0 Å². The summed E-state index contributed by atoms with van der Waals surface area (Å²) in [5.74, 6) is -1.60. The van der Waals surface area contributed by atoms with Crippen molar-refractivity contribution in [3.63, 3.8) is 0 Å². The van der Waals surface area contributed by atoms with Gasteiger partial charge in [-0.05, 0) is 154 Å². The van der Waals surface area contributed by atoms with E-state index < -0.39 is 91.5 Å². The summed E-state index contributed by atoms with van der Waals surface area (Å²) in [6.45, 7) is 2.60. The maximum absolute atomic E-state index is 13.0. The Hall–Kier alpha value is -4.57. The highest BCUT2D eigenvalue weighted by Gasteiger charge is 2.29. The SMILES string of the molecule is CCCCC/C=C\C/C=C\C/C=C\C/C=C\CCCCCCCCCCCCCC(=O)OCC(O)COP(=O)(O)OCC(O)COP(=O)(O)OCC(COC(=O)CCCCCCCCC/C=C\C/C=C\C/C=C\C/C=C\CCCCC)OC(=O)CCCCCCCCC/C=C\C/C=C\C/C=C\C/C=C\CCCCC. The molecule has 0 amide bonds. The molecule has 0 rings (SSSR count). The second kappa shape index (κ2) is 82.9. The number of hydrogen-bond donors (Lipinski definition) is 4. The molecule has 0 aromatic carbocycles. The Morgan fingerprint density at radius 2 is 0.459 bits per heavy atom. The summed E-state index contributed by atoms with van der Waals surface area (Å²) in [6, 6.07) is 0. The van der Waals surface area contributed by atoms with Gasteiger partial charge in [-0.25, -0.2) is 9.13 Å². The van der Waals surface area contributed by atoms with Crippen molar-refractivity contribution in [3.8, 4) is 0 Å². The molecule has 0 aliphatic carbocycles. The molecule has 0 aliphatic rings. The molecule has 109 heavy (non-hydrogen) atoms. The van der Waals surface area contributed by atoms with Crippen LogP contribution in [0, 0.1) is 0 Å². The van der Waals surface area contributed by atoms with E-state index >= 15 is 0 Å². The van der Waals surface area contributed by atoms with Gasteiger partial charge in [0.2, 0.25) is 0 Å². The third-order valence-electron chi connectivity index (χ3n) is 18.0. The number of ether oxygens (including phenoxy) is 3. The zero-order chi connectivity index (χ0) is 79.4. The van der Waals surface area contributed by atoms with Crippen molar-refractivity contribution in [1.29, 1.82) is 0 Å². The fourth-order valence-corrected chi connectivity index (χ4v) is 13.0. The third-order valence-corrected chi connectivity index (χ3v) is 19.9. The molecule has 16 nitrogen and oxygen atoms in total. The lowest BCUT2D eigenvalue weighted by molar-refractivity contribution is -0.161. The topological polar surface area (TPSA) is 231 Å². The molecule has 4 N–H and O–H groups in total. The van der Waals surface area contributed by atoms with Crippen LogP contribution in [0.3, 0.4) is 0 Å². The molecule has 0 spiro atoms. The van der Waals surface area contributed by atoms with Crippen molar-refractivity contribution in [2.75, 3.05) is 39.6 Å². The van der Waals surface area contributed by atoms with Crippen LogP contribution < -0.4 is 0 Å². The van der Waals surface area contributed by atoms with Crippen LogP contribution in [0.15, 0.2) is 146 Å². The van der Waals surface area contributed by atoms with Crippen LogP contribution in [0.25, 0.3) is 0 Å². The van der Waals surface area contributed by atoms with Crippen LogP contribution >= 0.6 is 15.6 Å². The molecule has 0 aromatic rings. The van der Waals surface area contributed by atoms with E-state index in [9.17, 15) is 43.5 Å². The summed E-state index contributed by atoms with van der Waals surface area (Å²) >= 11 is 0. The number of hydrogen-bond acceptors (Lipinski definition) is 14. The van der Waals surface area contributed by atoms with Gasteiger partial charge in [0.1, 0.15) is 25.4 Å². The first-order valence-corrected chi connectivity index (χ1v) is 46.1. The van der Waals surface area contributed by atoms with Gasteiger partial charge >= 0.3 is 33.6 Å². The number of unbranched alkanes of at least 4 members (excludes halogenated alkanes) is 34. The van der Waals surface area contributed by atoms with Crippen LogP contribution in [0.5, 0.6) is 0 Å². The number of esters is 3. The zero-order valence-electron chi connectivity index (χ0n) is 68.7. The van der Waals surface area contributed by atoms with Gasteiger partial charge < -0.3 is 34.2 Å². The smallest absolute Gasteiger partial charge is 0.463 e. The van der Waals surface area contributed by atoms with Crippen molar-refractivity contribution in [3.05, 3.63) is 146 Å². The molecule has 0 heterocycles. The second-order valence-corrected chi connectivity index (χ2v) is 31.5. The molecule has 626 valence electrons. The van der Waals surface area contributed by atoms with Crippen molar-refractivity contribution in [2.45, 2.75) is 373 Å². The molecule has 5 unspecified atom stereocenters. The summed E-state index contributed by atoms with van der Waals surface area (Å²) in [5.41, 5.74) is 0. The summed E-state index contributed by atoms with van der Waals surface area (Å²) in [4.78, 5) is 58.9. The highest BCUT2D eigenvalue weighted by Crippen LogP contribution is 2.45. The maximum atomic E-state index is 13.0. The Bertz CT molecular complexity index is 2560. The minimum absolute atomic E-state index is 0.0856. The molecule has 0 fully saturated rings. The van der Waals surface area contributed by atoms with Crippen LogP contribution in [-0.2, 0) is 55.8 Å². The number of carbonyl (C=O) groups excluding carboxylic acids is 3. The van der Waals surface area contributed by atoms with E-state index in [2.05, 4.69) is 167 Å². The molecule has 0 aliphatic heterocycles. The Kier molecular flexibility index (Phi) is 79.4. The predicted octanol–water partition coefficient (Wildman–Crippen LogP) is 26.0. The molecular weight excluding hydrogens is 1410 g/mol. The molecular formula is C91H156O16P2. The summed E-state index contributed by atoms with van der Waals surface area (Å²) in [5, 5.41) is 20.7. The average Bonchev–Trinajstić information content (AvgIpc) is 0.904. The number of carbonyl (C=O) groups is 3. The molecule has 0 saturated heterocycles. The van der Waals surface area contributed by atoms with Crippen LogP contribution in [0.1, 0.15) is 355 Å². The lowest BCUT2D eigenvalue weighted by atomic mass is 10.0. The van der Waals surface area contributed by atoms with Crippen molar-refractivity contribution >= 4 is 33.6 Å². The molecule has 0 bridgehead atoms. The standard InChI is InChI=1S/C91H156O16P2/c1-4-7-10-13-16-19-22-25-28-31-34-37-40-41-42-43-46-48-50-53-56-59-62-65-68-71-74-77-89(94)101-80-86(92)81-103-108(97,98)104-82-87(93)83-105-109(99,100)106-85-88(107-91(96)79-76-73-70-67-64-61-58-55-52-49-45-39-36-33-30-27-24-21-18-15-12-9-6-3)84-102-90(95)78-75-72-69-66-63-60-57-54-51-47-44-38-35-32-29-26-23-20-17-14-11-8-5-2/h16-21,25-30,34-39,41-42,47,49,51-52,86-88,92-93H,4-15,22-24,31-33,40,43-46,48,50,53-85H2,1-3H3,(H,97,98)(H,99,100)/b19-16-,20-17-,21-18-,28-25-,29-26-,30-27-,37-34-,38-35-,39-36-,42-41-,51-47-,52-49-. The van der Waals surface area contributed by atoms with Crippen LogP contribution in [0.2, 0.25) is 0 Å². The van der Waals surface area contributed by atoms with Gasteiger partial charge in [0, 0.05) is 19.3 Å². The van der Waals surface area contributed by atoms with E-state index in [1.807, 2.05) is 0 Å². The first-order valence-electron chi connectivity index (χ1n) is 43.1. The number of allylic oxidation sites excluding steroid dienone is 24. The predicted molar refractivity (Wildman–Crippen MR) is 454 cm³/mol. The largest absolute Gasteiger partial charge is 0.472 e. The van der Waals surface area contributed by atoms with Gasteiger partial charge in [0.15, 0.2) is 6.10 Å². The van der Waals surface area contributed by atoms with E-state index in [0.29, 0.717) is 19.3 Å². The average molecular weight is 1570 g/mol. The number of phosphoric acid groups is 2. The lowest BCUT2D eigenvalue weighted by Crippen LogP contribution is -2.30. The van der Waals surface area contributed by atoms with E-state index in [1.165, 1.54) is 122 Å². The number of aliphatic hydroxyl groups excluding tert-OH is 2.